The highest BCUT2D eigenvalue weighted by Crippen LogP contribution is 2.36. The van der Waals surface area contributed by atoms with E-state index in [0.717, 1.165) is 19.3 Å². The minimum Gasteiger partial charge on any atom is -0.352 e. The number of pyridine rings is 1. The molecule has 2 fully saturated rings. The lowest BCUT2D eigenvalue weighted by Crippen LogP contribution is -2.55. The maximum absolute atomic E-state index is 11.8. The second kappa shape index (κ2) is 6.49. The first-order chi connectivity index (χ1) is 11.0. The molecule has 8 nitrogen and oxygen atoms in total. The Hall–Kier alpha value is -2.22. The van der Waals surface area contributed by atoms with Crippen molar-refractivity contribution in [3.05, 3.63) is 38.8 Å². The zero-order chi connectivity index (χ0) is 16.4. The predicted octanol–water partition coefficient (Wildman–Crippen LogP) is 0.403. The molecule has 1 aliphatic carbocycles. The molecule has 1 aliphatic heterocycles. The second-order valence-corrected chi connectivity index (χ2v) is 6.21. The molecule has 2 heterocycles. The largest absolute Gasteiger partial charge is 0.352 e. The molecule has 1 amide bonds. The van der Waals surface area contributed by atoms with E-state index in [9.17, 15) is 19.7 Å². The molecule has 3 rings (SSSR count). The summed E-state index contributed by atoms with van der Waals surface area (Å²) < 4.78 is 1.35. The molecule has 2 unspecified atom stereocenters. The minimum atomic E-state index is -0.511. The van der Waals surface area contributed by atoms with Crippen molar-refractivity contribution in [2.24, 2.45) is 5.92 Å². The van der Waals surface area contributed by atoms with Crippen molar-refractivity contribution in [1.29, 1.82) is 0 Å². The lowest BCUT2D eigenvalue weighted by atomic mass is 9.94. The number of amides is 1. The van der Waals surface area contributed by atoms with Crippen molar-refractivity contribution in [2.45, 2.75) is 44.3 Å². The normalized spacial score (nSPS) is 24.3. The van der Waals surface area contributed by atoms with E-state index >= 15 is 0 Å². The quantitative estimate of drug-likeness (QED) is 0.583. The molecule has 0 radical (unpaired) electrons. The van der Waals surface area contributed by atoms with Gasteiger partial charge in [0.2, 0.25) is 5.91 Å². The highest BCUT2D eigenvalue weighted by Gasteiger charge is 2.39. The first-order valence-corrected chi connectivity index (χ1v) is 7.92. The number of carbonyl (C=O) groups excluding carboxylic acids is 1. The Kier molecular flexibility index (Phi) is 4.42. The number of piperidine rings is 1. The van der Waals surface area contributed by atoms with Crippen LogP contribution in [0.15, 0.2) is 23.1 Å². The van der Waals surface area contributed by atoms with E-state index in [1.54, 1.807) is 0 Å². The third kappa shape index (κ3) is 3.76. The van der Waals surface area contributed by atoms with E-state index in [2.05, 4.69) is 10.6 Å². The number of aromatic nitrogens is 1. The number of hydrogen-bond donors (Lipinski definition) is 2. The van der Waals surface area contributed by atoms with Crippen molar-refractivity contribution in [3.63, 3.8) is 0 Å². The zero-order valence-corrected chi connectivity index (χ0v) is 12.7. The molecule has 0 bridgehead atoms. The standard InChI is InChI=1S/C15H20N4O4/c20-13-5-4-12(15(17-13)10-1-2-10)16-7-8-18-9-11(19(22)23)3-6-14(18)21/h3,6,9-10,12,15-16H,1-2,4-5,7-8H2,(H,17,20). The fourth-order valence-electron chi connectivity index (χ4n) is 3.13. The number of carbonyl (C=O) groups is 1. The second-order valence-electron chi connectivity index (χ2n) is 6.21. The van der Waals surface area contributed by atoms with Gasteiger partial charge in [-0.15, -0.1) is 0 Å². The summed E-state index contributed by atoms with van der Waals surface area (Å²) in [5, 5.41) is 17.2. The van der Waals surface area contributed by atoms with Crippen LogP contribution in [0.3, 0.4) is 0 Å². The summed E-state index contributed by atoms with van der Waals surface area (Å²) in [6.07, 6.45) is 4.86. The molecule has 0 aromatic carbocycles. The monoisotopic (exact) mass is 320 g/mol. The van der Waals surface area contributed by atoms with Crippen LogP contribution in [0.5, 0.6) is 0 Å². The lowest BCUT2D eigenvalue weighted by molar-refractivity contribution is -0.385. The van der Waals surface area contributed by atoms with Gasteiger partial charge >= 0.3 is 0 Å². The maximum Gasteiger partial charge on any atom is 0.285 e. The third-order valence-electron chi connectivity index (χ3n) is 4.51. The third-order valence-corrected chi connectivity index (χ3v) is 4.51. The van der Waals surface area contributed by atoms with Gasteiger partial charge in [-0.25, -0.2) is 0 Å². The van der Waals surface area contributed by atoms with E-state index in [1.165, 1.54) is 22.9 Å². The average Bonchev–Trinajstić information content (AvgIpc) is 3.35. The van der Waals surface area contributed by atoms with Crippen LogP contribution < -0.4 is 16.2 Å². The topological polar surface area (TPSA) is 106 Å². The van der Waals surface area contributed by atoms with Crippen LogP contribution in [-0.2, 0) is 11.3 Å². The number of rotatable bonds is 6. The first kappa shape index (κ1) is 15.7. The van der Waals surface area contributed by atoms with Gasteiger partial charge in [-0.2, -0.15) is 0 Å². The molecule has 2 atom stereocenters. The SMILES string of the molecule is O=C1CCC(NCCn2cc([N+](=O)[O-])ccc2=O)C(C2CC2)N1. The Labute approximate surface area is 133 Å². The highest BCUT2D eigenvalue weighted by molar-refractivity contribution is 5.77. The van der Waals surface area contributed by atoms with Gasteiger partial charge in [0.15, 0.2) is 0 Å². The molecule has 23 heavy (non-hydrogen) atoms. The summed E-state index contributed by atoms with van der Waals surface area (Å²) in [6, 6.07) is 2.80. The lowest BCUT2D eigenvalue weighted by Gasteiger charge is -2.33. The van der Waals surface area contributed by atoms with Crippen molar-refractivity contribution >= 4 is 11.6 Å². The fourth-order valence-corrected chi connectivity index (χ4v) is 3.13. The molecule has 1 aromatic heterocycles. The summed E-state index contributed by atoms with van der Waals surface area (Å²) >= 11 is 0. The number of nitro groups is 1. The minimum absolute atomic E-state index is 0.0922. The Morgan fingerprint density at radius 1 is 1.30 bits per heavy atom. The van der Waals surface area contributed by atoms with E-state index in [-0.39, 0.29) is 29.2 Å². The van der Waals surface area contributed by atoms with Gasteiger partial charge in [-0.05, 0) is 25.2 Å². The predicted molar refractivity (Wildman–Crippen MR) is 83.0 cm³/mol. The molecule has 1 saturated carbocycles. The zero-order valence-electron chi connectivity index (χ0n) is 12.7. The molecule has 0 spiro atoms. The van der Waals surface area contributed by atoms with Gasteiger partial charge in [0.05, 0.1) is 11.1 Å². The van der Waals surface area contributed by atoms with E-state index < -0.39 is 4.92 Å². The van der Waals surface area contributed by atoms with Crippen LogP contribution in [0.25, 0.3) is 0 Å². The molecule has 1 aromatic rings. The molecule has 1 saturated heterocycles. The van der Waals surface area contributed by atoms with E-state index in [1.807, 2.05) is 0 Å². The highest BCUT2D eigenvalue weighted by atomic mass is 16.6. The van der Waals surface area contributed by atoms with Crippen molar-refractivity contribution in [2.75, 3.05) is 6.54 Å². The summed E-state index contributed by atoms with van der Waals surface area (Å²) in [7, 11) is 0. The average molecular weight is 320 g/mol. The van der Waals surface area contributed by atoms with Gasteiger partial charge in [0.25, 0.3) is 11.2 Å². The van der Waals surface area contributed by atoms with Crippen molar-refractivity contribution < 1.29 is 9.72 Å². The smallest absolute Gasteiger partial charge is 0.285 e. The molecular formula is C15H20N4O4. The van der Waals surface area contributed by atoms with Crippen LogP contribution >= 0.6 is 0 Å². The van der Waals surface area contributed by atoms with Gasteiger partial charge in [-0.3, -0.25) is 19.7 Å². The number of nitrogens with zero attached hydrogens (tertiary/aromatic N) is 2. The van der Waals surface area contributed by atoms with Crippen LogP contribution in [-0.4, -0.2) is 34.0 Å². The Balaban J connectivity index is 1.58. The van der Waals surface area contributed by atoms with Crippen LogP contribution in [0.1, 0.15) is 25.7 Å². The maximum atomic E-state index is 11.8. The fraction of sp³-hybridized carbons (Fsp3) is 0.600. The van der Waals surface area contributed by atoms with Gasteiger partial charge in [0, 0.05) is 43.7 Å². The summed E-state index contributed by atoms with van der Waals surface area (Å²) in [5.41, 5.74) is -0.349. The first-order valence-electron chi connectivity index (χ1n) is 7.92. The van der Waals surface area contributed by atoms with Crippen LogP contribution in [0.2, 0.25) is 0 Å². The molecular weight excluding hydrogens is 300 g/mol. The Morgan fingerprint density at radius 2 is 2.09 bits per heavy atom. The van der Waals surface area contributed by atoms with E-state index in [0.29, 0.717) is 25.4 Å². The molecule has 2 N–H and O–H groups in total. The van der Waals surface area contributed by atoms with Crippen molar-refractivity contribution in [1.82, 2.24) is 15.2 Å². The Bertz CT molecular complexity index is 668. The van der Waals surface area contributed by atoms with Gasteiger partial charge < -0.3 is 15.2 Å². The molecule has 2 aliphatic rings. The summed E-state index contributed by atoms with van der Waals surface area (Å²) in [4.78, 5) is 33.6. The number of hydrogen-bond acceptors (Lipinski definition) is 5. The van der Waals surface area contributed by atoms with E-state index in [4.69, 9.17) is 0 Å². The molecule has 124 valence electrons. The van der Waals surface area contributed by atoms with Crippen LogP contribution in [0.4, 0.5) is 5.69 Å². The van der Waals surface area contributed by atoms with Gasteiger partial charge in [0.1, 0.15) is 0 Å². The summed E-state index contributed by atoms with van der Waals surface area (Å²) in [5.74, 6) is 0.659. The molecule has 8 heteroatoms. The number of nitrogens with one attached hydrogen (secondary N) is 2. The van der Waals surface area contributed by atoms with Gasteiger partial charge in [-0.1, -0.05) is 0 Å². The summed E-state index contributed by atoms with van der Waals surface area (Å²) in [6.45, 7) is 0.896. The Morgan fingerprint density at radius 3 is 2.78 bits per heavy atom. The van der Waals surface area contributed by atoms with Crippen LogP contribution in [0, 0.1) is 16.0 Å². The van der Waals surface area contributed by atoms with Crippen molar-refractivity contribution in [3.8, 4) is 0 Å².